The average Bonchev–Trinajstić information content (AvgIpc) is 3.51. The van der Waals surface area contributed by atoms with Crippen molar-refractivity contribution < 1.29 is 29.4 Å². The molecule has 0 fully saturated rings. The topological polar surface area (TPSA) is 215 Å². The van der Waals surface area contributed by atoms with Crippen LogP contribution >= 0.6 is 0 Å². The van der Waals surface area contributed by atoms with Crippen molar-refractivity contribution in [3.8, 4) is 0 Å². The number of nitrogens with zero attached hydrogens (tertiary/aromatic N) is 1. The summed E-state index contributed by atoms with van der Waals surface area (Å²) >= 11 is 0. The van der Waals surface area contributed by atoms with Crippen LogP contribution in [0.2, 0.25) is 0 Å². The molecule has 0 aliphatic carbocycles. The van der Waals surface area contributed by atoms with Crippen molar-refractivity contribution in [1.29, 1.82) is 0 Å². The number of aliphatic hydroxyl groups is 1. The quantitative estimate of drug-likeness (QED) is 0.147. The van der Waals surface area contributed by atoms with Crippen molar-refractivity contribution in [1.82, 2.24) is 30.9 Å². The number of carboxylic acid groups (broad SMARTS) is 1. The van der Waals surface area contributed by atoms with Gasteiger partial charge in [-0.3, -0.25) is 14.4 Å². The highest BCUT2D eigenvalue weighted by Gasteiger charge is 2.32. The Kier molecular flexibility index (Phi) is 8.76. The number of hydrogen-bond donors (Lipinski definition) is 8. The summed E-state index contributed by atoms with van der Waals surface area (Å²) in [6.07, 6.45) is 3.25. The fourth-order valence-electron chi connectivity index (χ4n) is 3.72. The number of aliphatic hydroxyl groups excluding tert-OH is 1. The summed E-state index contributed by atoms with van der Waals surface area (Å²) in [5, 5.41) is 27.3. The number of aliphatic carboxylic acids is 1. The number of carbonyl (C=O) groups is 4. The minimum Gasteiger partial charge on any atom is -0.480 e. The van der Waals surface area contributed by atoms with Crippen molar-refractivity contribution in [2.45, 2.75) is 44.0 Å². The number of para-hydroxylation sites is 1. The number of carbonyl (C=O) groups excluding carboxylic acids is 3. The van der Waals surface area contributed by atoms with Gasteiger partial charge in [0.05, 0.1) is 19.0 Å². The number of nitrogens with two attached hydrogens (primary N) is 1. The van der Waals surface area contributed by atoms with Crippen LogP contribution in [0.1, 0.15) is 18.2 Å². The molecule has 0 saturated carbocycles. The van der Waals surface area contributed by atoms with Crippen LogP contribution in [-0.4, -0.2) is 79.6 Å². The van der Waals surface area contributed by atoms with E-state index in [1.54, 1.807) is 6.20 Å². The van der Waals surface area contributed by atoms with Crippen LogP contribution in [0, 0.1) is 0 Å². The first-order valence-corrected chi connectivity index (χ1v) is 11.2. The number of H-pyrrole nitrogens is 2. The third kappa shape index (κ3) is 6.67. The van der Waals surface area contributed by atoms with E-state index in [1.807, 2.05) is 24.3 Å². The number of amides is 3. The standard InChI is InChI=1S/C23H29N7O6/c1-12(31)20(23(35)36)30-22(34)18(7-14-10-25-11-27-14)29-21(33)17(28-19(32)8-24)6-13-9-26-16-5-3-2-4-15(13)16/h2-5,9-12,17-18,20,26,31H,6-8,24H2,1H3,(H,25,27)(H,28,32)(H,29,33)(H,30,34)(H,35,36). The largest absolute Gasteiger partial charge is 0.480 e. The van der Waals surface area contributed by atoms with Crippen molar-refractivity contribution in [2.24, 2.45) is 5.73 Å². The van der Waals surface area contributed by atoms with E-state index in [2.05, 4.69) is 30.9 Å². The van der Waals surface area contributed by atoms with E-state index in [0.717, 1.165) is 16.5 Å². The molecule has 0 aliphatic heterocycles. The summed E-state index contributed by atoms with van der Waals surface area (Å²) < 4.78 is 0. The molecule has 2 aromatic heterocycles. The first kappa shape index (κ1) is 26.4. The SMILES string of the molecule is CC(O)C(NC(=O)C(Cc1cnc[nH]1)NC(=O)C(Cc1c[nH]c2ccccc12)NC(=O)CN)C(=O)O. The van der Waals surface area contributed by atoms with E-state index < -0.39 is 47.9 Å². The third-order valence-electron chi connectivity index (χ3n) is 5.59. The number of nitrogens with one attached hydrogen (secondary N) is 5. The van der Waals surface area contributed by atoms with Gasteiger partial charge in [0, 0.05) is 41.8 Å². The molecule has 0 bridgehead atoms. The monoisotopic (exact) mass is 499 g/mol. The summed E-state index contributed by atoms with van der Waals surface area (Å²) in [5.41, 5.74) is 7.54. The Morgan fingerprint density at radius 1 is 1.03 bits per heavy atom. The van der Waals surface area contributed by atoms with Gasteiger partial charge in [-0.05, 0) is 18.6 Å². The molecule has 13 heteroatoms. The van der Waals surface area contributed by atoms with Gasteiger partial charge in [-0.25, -0.2) is 9.78 Å². The summed E-state index contributed by atoms with van der Waals surface area (Å²) in [6.45, 7) is 0.880. The number of fused-ring (bicyclic) bond motifs is 1. The van der Waals surface area contributed by atoms with Crippen molar-refractivity contribution in [3.05, 3.63) is 54.2 Å². The molecule has 0 radical (unpaired) electrons. The summed E-state index contributed by atoms with van der Waals surface area (Å²) in [4.78, 5) is 59.6. The summed E-state index contributed by atoms with van der Waals surface area (Å²) in [5.74, 6) is -3.50. The van der Waals surface area contributed by atoms with Gasteiger partial charge in [-0.15, -0.1) is 0 Å². The first-order chi connectivity index (χ1) is 17.2. The smallest absolute Gasteiger partial charge is 0.328 e. The molecule has 13 nitrogen and oxygen atoms in total. The molecule has 3 aromatic rings. The van der Waals surface area contributed by atoms with E-state index in [4.69, 9.17) is 5.73 Å². The predicted octanol–water partition coefficient (Wildman–Crippen LogP) is -1.45. The highest BCUT2D eigenvalue weighted by atomic mass is 16.4. The Hall–Kier alpha value is -4.23. The van der Waals surface area contributed by atoms with Gasteiger partial charge in [0.1, 0.15) is 12.1 Å². The maximum absolute atomic E-state index is 13.3. The number of rotatable bonds is 12. The molecule has 3 amide bonds. The van der Waals surface area contributed by atoms with Crippen molar-refractivity contribution in [2.75, 3.05) is 6.54 Å². The molecular formula is C23H29N7O6. The van der Waals surface area contributed by atoms with Gasteiger partial charge in [-0.2, -0.15) is 0 Å². The lowest BCUT2D eigenvalue weighted by atomic mass is 10.0. The number of benzene rings is 1. The lowest BCUT2D eigenvalue weighted by molar-refractivity contribution is -0.145. The lowest BCUT2D eigenvalue weighted by Crippen LogP contribution is -2.58. The van der Waals surface area contributed by atoms with Crippen LogP contribution < -0.4 is 21.7 Å². The molecule has 2 heterocycles. The molecule has 0 spiro atoms. The Labute approximate surface area is 205 Å². The van der Waals surface area contributed by atoms with Crippen LogP contribution in [-0.2, 0) is 32.0 Å². The molecule has 0 saturated heterocycles. The lowest BCUT2D eigenvalue weighted by Gasteiger charge is -2.25. The Balaban J connectivity index is 1.83. The Morgan fingerprint density at radius 2 is 1.72 bits per heavy atom. The Morgan fingerprint density at radius 3 is 2.36 bits per heavy atom. The number of aromatic amines is 2. The molecule has 4 atom stereocenters. The molecule has 36 heavy (non-hydrogen) atoms. The molecule has 192 valence electrons. The maximum Gasteiger partial charge on any atom is 0.328 e. The minimum absolute atomic E-state index is 0.0473. The second-order valence-corrected chi connectivity index (χ2v) is 8.30. The fraction of sp³-hybridized carbons (Fsp3) is 0.348. The zero-order valence-corrected chi connectivity index (χ0v) is 19.5. The van der Waals surface area contributed by atoms with E-state index in [9.17, 15) is 29.4 Å². The van der Waals surface area contributed by atoms with Crippen LogP contribution in [0.15, 0.2) is 43.0 Å². The maximum atomic E-state index is 13.3. The summed E-state index contributed by atoms with van der Waals surface area (Å²) in [6, 6.07) is 3.55. The number of imidazole rings is 1. The van der Waals surface area contributed by atoms with Crippen LogP contribution in [0.4, 0.5) is 0 Å². The normalized spacial score (nSPS) is 14.4. The van der Waals surface area contributed by atoms with E-state index in [0.29, 0.717) is 5.69 Å². The van der Waals surface area contributed by atoms with Gasteiger partial charge >= 0.3 is 5.97 Å². The second-order valence-electron chi connectivity index (χ2n) is 8.30. The van der Waals surface area contributed by atoms with Crippen LogP contribution in [0.3, 0.4) is 0 Å². The average molecular weight is 500 g/mol. The van der Waals surface area contributed by atoms with Gasteiger partial charge in [0.15, 0.2) is 6.04 Å². The van der Waals surface area contributed by atoms with Gasteiger partial charge < -0.3 is 41.9 Å². The third-order valence-corrected chi connectivity index (χ3v) is 5.59. The first-order valence-electron chi connectivity index (χ1n) is 11.2. The van der Waals surface area contributed by atoms with Crippen LogP contribution in [0.25, 0.3) is 10.9 Å². The highest BCUT2D eigenvalue weighted by molar-refractivity contribution is 5.94. The molecular weight excluding hydrogens is 470 g/mol. The number of carboxylic acids is 1. The molecule has 4 unspecified atom stereocenters. The molecule has 3 rings (SSSR count). The molecule has 0 aliphatic rings. The summed E-state index contributed by atoms with van der Waals surface area (Å²) in [7, 11) is 0. The van der Waals surface area contributed by atoms with Gasteiger partial charge in [-0.1, -0.05) is 18.2 Å². The van der Waals surface area contributed by atoms with Gasteiger partial charge in [0.25, 0.3) is 0 Å². The van der Waals surface area contributed by atoms with E-state index >= 15 is 0 Å². The van der Waals surface area contributed by atoms with Gasteiger partial charge in [0.2, 0.25) is 17.7 Å². The van der Waals surface area contributed by atoms with Crippen molar-refractivity contribution >= 4 is 34.6 Å². The molecule has 9 N–H and O–H groups in total. The molecule has 1 aromatic carbocycles. The second kappa shape index (κ2) is 12.0. The van der Waals surface area contributed by atoms with Crippen LogP contribution in [0.5, 0.6) is 0 Å². The number of hydrogen-bond acceptors (Lipinski definition) is 7. The predicted molar refractivity (Wildman–Crippen MR) is 128 cm³/mol. The van der Waals surface area contributed by atoms with E-state index in [1.165, 1.54) is 19.4 Å². The number of aromatic nitrogens is 3. The zero-order valence-electron chi connectivity index (χ0n) is 19.5. The van der Waals surface area contributed by atoms with Crippen molar-refractivity contribution in [3.63, 3.8) is 0 Å². The minimum atomic E-state index is -1.59. The Bertz CT molecular complexity index is 1210. The zero-order chi connectivity index (χ0) is 26.2. The highest BCUT2D eigenvalue weighted by Crippen LogP contribution is 2.19. The van der Waals surface area contributed by atoms with E-state index in [-0.39, 0.29) is 19.4 Å². The fourth-order valence-corrected chi connectivity index (χ4v) is 3.72.